The average Bonchev–Trinajstić information content (AvgIpc) is 2.10. The Hall–Kier alpha value is -1.64. The maximum Gasteiger partial charge on any atom is 0.221 e. The van der Waals surface area contributed by atoms with Gasteiger partial charge in [0.25, 0.3) is 0 Å². The van der Waals surface area contributed by atoms with Gasteiger partial charge in [0.1, 0.15) is 5.82 Å². The number of primary amides is 1. The number of carbonyl (C=O) groups excluding carboxylic acids is 1. The second-order valence-electron chi connectivity index (χ2n) is 3.08. The molecule has 2 nitrogen and oxygen atoms in total. The van der Waals surface area contributed by atoms with Crippen molar-refractivity contribution in [2.45, 2.75) is 13.3 Å². The Morgan fingerprint density at radius 3 is 2.86 bits per heavy atom. The molecule has 0 aliphatic carbocycles. The molecule has 0 radical (unpaired) electrons. The Labute approximate surface area is 82.2 Å². The van der Waals surface area contributed by atoms with E-state index in [1.807, 2.05) is 0 Å². The highest BCUT2D eigenvalue weighted by Gasteiger charge is 1.96. The van der Waals surface area contributed by atoms with Gasteiger partial charge in [-0.2, -0.15) is 0 Å². The molecule has 74 valence electrons. The van der Waals surface area contributed by atoms with Crippen LogP contribution in [0.5, 0.6) is 0 Å². The molecular weight excluding hydrogens is 181 g/mol. The first-order valence-corrected chi connectivity index (χ1v) is 4.30. The molecule has 0 saturated heterocycles. The van der Waals surface area contributed by atoms with Gasteiger partial charge in [-0.05, 0) is 24.1 Å². The fourth-order valence-corrected chi connectivity index (χ4v) is 1.02. The van der Waals surface area contributed by atoms with Crippen molar-refractivity contribution in [3.63, 3.8) is 0 Å². The highest BCUT2D eigenvalue weighted by molar-refractivity contribution is 5.76. The molecular formula is C11H12FNO. The van der Waals surface area contributed by atoms with Crippen LogP contribution in [0.3, 0.4) is 0 Å². The van der Waals surface area contributed by atoms with Crippen LogP contribution in [0.4, 0.5) is 4.39 Å². The fourth-order valence-electron chi connectivity index (χ4n) is 1.02. The molecule has 1 amide bonds. The predicted octanol–water partition coefficient (Wildman–Crippen LogP) is 2.02. The van der Waals surface area contributed by atoms with E-state index in [9.17, 15) is 9.18 Å². The van der Waals surface area contributed by atoms with Gasteiger partial charge in [-0.1, -0.05) is 24.3 Å². The zero-order valence-corrected chi connectivity index (χ0v) is 7.96. The van der Waals surface area contributed by atoms with Gasteiger partial charge in [-0.25, -0.2) is 4.39 Å². The Morgan fingerprint density at radius 1 is 1.57 bits per heavy atom. The number of aryl methyl sites for hydroxylation is 1. The van der Waals surface area contributed by atoms with Crippen molar-refractivity contribution in [2.75, 3.05) is 0 Å². The summed E-state index contributed by atoms with van der Waals surface area (Å²) in [6.45, 7) is 1.70. The van der Waals surface area contributed by atoms with Crippen molar-refractivity contribution in [1.29, 1.82) is 0 Å². The van der Waals surface area contributed by atoms with Crippen LogP contribution in [0.2, 0.25) is 0 Å². The summed E-state index contributed by atoms with van der Waals surface area (Å²) in [5, 5.41) is 0. The molecule has 2 N–H and O–H groups in total. The molecule has 0 spiro atoms. The molecule has 0 bridgehead atoms. The topological polar surface area (TPSA) is 43.1 Å². The molecule has 1 rings (SSSR count). The van der Waals surface area contributed by atoms with Crippen LogP contribution in [0.25, 0.3) is 6.08 Å². The molecule has 0 aliphatic rings. The summed E-state index contributed by atoms with van der Waals surface area (Å²) in [7, 11) is 0. The third-order valence-electron chi connectivity index (χ3n) is 1.83. The fraction of sp³-hybridized carbons (Fsp3) is 0.182. The first-order chi connectivity index (χ1) is 6.59. The maximum absolute atomic E-state index is 13.0. The lowest BCUT2D eigenvalue weighted by Gasteiger charge is -1.97. The minimum atomic E-state index is -0.395. The normalized spacial score (nSPS) is 10.7. The lowest BCUT2D eigenvalue weighted by molar-refractivity contribution is -0.117. The van der Waals surface area contributed by atoms with Crippen molar-refractivity contribution in [1.82, 2.24) is 0 Å². The third kappa shape index (κ3) is 3.01. The van der Waals surface area contributed by atoms with Crippen LogP contribution in [-0.4, -0.2) is 5.91 Å². The van der Waals surface area contributed by atoms with Crippen LogP contribution >= 0.6 is 0 Å². The van der Waals surface area contributed by atoms with Crippen LogP contribution < -0.4 is 5.73 Å². The van der Waals surface area contributed by atoms with Crippen molar-refractivity contribution in [3.8, 4) is 0 Å². The number of carbonyl (C=O) groups is 1. The van der Waals surface area contributed by atoms with Gasteiger partial charge in [0.15, 0.2) is 0 Å². The maximum atomic E-state index is 13.0. The summed E-state index contributed by atoms with van der Waals surface area (Å²) < 4.78 is 13.0. The van der Waals surface area contributed by atoms with Gasteiger partial charge in [0, 0.05) is 6.42 Å². The average molecular weight is 193 g/mol. The number of halogens is 1. The van der Waals surface area contributed by atoms with Gasteiger partial charge in [-0.3, -0.25) is 4.79 Å². The van der Waals surface area contributed by atoms with Crippen LogP contribution in [0.15, 0.2) is 24.3 Å². The van der Waals surface area contributed by atoms with E-state index in [1.165, 1.54) is 6.07 Å². The van der Waals surface area contributed by atoms with E-state index in [1.54, 1.807) is 31.2 Å². The highest BCUT2D eigenvalue weighted by atomic mass is 19.1. The molecule has 0 saturated carbocycles. The van der Waals surface area contributed by atoms with Crippen molar-refractivity contribution in [2.24, 2.45) is 5.73 Å². The summed E-state index contributed by atoms with van der Waals surface area (Å²) in [6, 6.07) is 4.90. The number of nitrogens with two attached hydrogens (primary N) is 1. The van der Waals surface area contributed by atoms with Crippen LogP contribution in [0.1, 0.15) is 17.5 Å². The van der Waals surface area contributed by atoms with Crippen LogP contribution in [-0.2, 0) is 4.79 Å². The number of amides is 1. The molecule has 0 aliphatic heterocycles. The minimum absolute atomic E-state index is 0.176. The summed E-state index contributed by atoms with van der Waals surface area (Å²) in [5.41, 5.74) is 6.29. The van der Waals surface area contributed by atoms with E-state index in [2.05, 4.69) is 0 Å². The number of hydrogen-bond donors (Lipinski definition) is 1. The predicted molar refractivity (Wildman–Crippen MR) is 54.0 cm³/mol. The zero-order chi connectivity index (χ0) is 10.6. The van der Waals surface area contributed by atoms with E-state index in [4.69, 9.17) is 5.73 Å². The molecule has 1 aromatic carbocycles. The summed E-state index contributed by atoms with van der Waals surface area (Å²) >= 11 is 0. The molecule has 0 unspecified atom stereocenters. The van der Waals surface area contributed by atoms with E-state index >= 15 is 0 Å². The standard InChI is InChI=1S/C11H12FNO/c1-8-5-6-9(7-10(8)12)3-2-4-11(13)14/h2-3,5-7H,4H2,1H3,(H2,13,14). The van der Waals surface area contributed by atoms with Gasteiger partial charge < -0.3 is 5.73 Å². The quantitative estimate of drug-likeness (QED) is 0.784. The molecule has 1 aromatic rings. The molecule has 14 heavy (non-hydrogen) atoms. The zero-order valence-electron chi connectivity index (χ0n) is 7.96. The third-order valence-corrected chi connectivity index (χ3v) is 1.83. The molecule has 0 heterocycles. The monoisotopic (exact) mass is 193 g/mol. The Morgan fingerprint density at radius 2 is 2.29 bits per heavy atom. The van der Waals surface area contributed by atoms with Crippen molar-refractivity contribution >= 4 is 12.0 Å². The lowest BCUT2D eigenvalue weighted by Crippen LogP contribution is -2.07. The van der Waals surface area contributed by atoms with E-state index in [-0.39, 0.29) is 12.2 Å². The van der Waals surface area contributed by atoms with E-state index < -0.39 is 5.91 Å². The van der Waals surface area contributed by atoms with Crippen molar-refractivity contribution in [3.05, 3.63) is 41.2 Å². The van der Waals surface area contributed by atoms with E-state index in [0.717, 1.165) is 5.56 Å². The largest absolute Gasteiger partial charge is 0.369 e. The second kappa shape index (κ2) is 4.56. The Kier molecular flexibility index (Phi) is 3.40. The summed E-state index contributed by atoms with van der Waals surface area (Å²) in [4.78, 5) is 10.4. The first-order valence-electron chi connectivity index (χ1n) is 4.30. The van der Waals surface area contributed by atoms with Gasteiger partial charge >= 0.3 is 0 Å². The molecule has 0 aromatic heterocycles. The Bertz CT molecular complexity index is 372. The molecule has 3 heteroatoms. The van der Waals surface area contributed by atoms with Gasteiger partial charge in [0.05, 0.1) is 0 Å². The van der Waals surface area contributed by atoms with Crippen molar-refractivity contribution < 1.29 is 9.18 Å². The van der Waals surface area contributed by atoms with Gasteiger partial charge in [-0.15, -0.1) is 0 Å². The summed E-state index contributed by atoms with van der Waals surface area (Å²) in [6.07, 6.45) is 3.47. The SMILES string of the molecule is Cc1ccc(C=CCC(N)=O)cc1F. The smallest absolute Gasteiger partial charge is 0.221 e. The number of hydrogen-bond acceptors (Lipinski definition) is 1. The minimum Gasteiger partial charge on any atom is -0.369 e. The number of benzene rings is 1. The van der Waals surface area contributed by atoms with Gasteiger partial charge in [0.2, 0.25) is 5.91 Å². The van der Waals surface area contributed by atoms with Crippen LogP contribution in [0, 0.1) is 12.7 Å². The highest BCUT2D eigenvalue weighted by Crippen LogP contribution is 2.10. The second-order valence-corrected chi connectivity index (χ2v) is 3.08. The Balaban J connectivity index is 2.73. The van der Waals surface area contributed by atoms with E-state index in [0.29, 0.717) is 5.56 Å². The first kappa shape index (κ1) is 10.4. The molecule has 0 atom stereocenters. The summed E-state index contributed by atoms with van der Waals surface area (Å²) in [5.74, 6) is -0.639. The lowest BCUT2D eigenvalue weighted by atomic mass is 10.1. The molecule has 0 fully saturated rings. The number of rotatable bonds is 3.